The van der Waals surface area contributed by atoms with Crippen LogP contribution in [-0.4, -0.2) is 22.5 Å². The van der Waals surface area contributed by atoms with E-state index >= 15 is 0 Å². The minimum Gasteiger partial charge on any atom is -0.346 e. The van der Waals surface area contributed by atoms with Gasteiger partial charge < -0.3 is 5.32 Å². The Balaban J connectivity index is 2.09. The molecule has 0 saturated carbocycles. The molecule has 1 aliphatic heterocycles. The molecule has 1 aromatic heterocycles. The van der Waals surface area contributed by atoms with E-state index in [1.165, 1.54) is 16.2 Å². The Morgan fingerprint density at radius 2 is 2.37 bits per heavy atom. The van der Waals surface area contributed by atoms with E-state index in [0.717, 1.165) is 35.2 Å². The molecule has 1 aromatic rings. The molecule has 0 spiro atoms. The fourth-order valence-electron chi connectivity index (χ4n) is 2.13. The first-order valence-corrected chi connectivity index (χ1v) is 9.75. The van der Waals surface area contributed by atoms with Crippen LogP contribution in [0.25, 0.3) is 0 Å². The Morgan fingerprint density at radius 1 is 1.58 bits per heavy atom. The number of thiophene rings is 1. The van der Waals surface area contributed by atoms with Crippen molar-refractivity contribution < 1.29 is 4.79 Å². The molecule has 5 heteroatoms. The molecule has 106 valence electrons. The molecular formula is C14H20BrNOS2. The lowest BCUT2D eigenvalue weighted by molar-refractivity contribution is 0.0906. The first kappa shape index (κ1) is 15.4. The second kappa shape index (κ2) is 6.64. The molecule has 2 rings (SSSR count). The largest absolute Gasteiger partial charge is 0.346 e. The molecule has 0 fully saturated rings. The highest BCUT2D eigenvalue weighted by Gasteiger charge is 2.25. The van der Waals surface area contributed by atoms with Crippen molar-refractivity contribution in [1.29, 1.82) is 0 Å². The number of carbonyl (C=O) groups is 1. The maximum atomic E-state index is 12.4. The van der Waals surface area contributed by atoms with Crippen LogP contribution in [0.5, 0.6) is 0 Å². The van der Waals surface area contributed by atoms with E-state index in [9.17, 15) is 4.79 Å². The van der Waals surface area contributed by atoms with Crippen LogP contribution in [0.2, 0.25) is 0 Å². The molecule has 1 N–H and O–H groups in total. The lowest BCUT2D eigenvalue weighted by Gasteiger charge is -2.28. The van der Waals surface area contributed by atoms with Crippen molar-refractivity contribution in [2.45, 2.75) is 44.4 Å². The molecule has 1 aliphatic rings. The molecule has 1 unspecified atom stereocenters. The normalized spacial score (nSPS) is 17.6. The Kier molecular flexibility index (Phi) is 5.37. The van der Waals surface area contributed by atoms with Gasteiger partial charge in [0.15, 0.2) is 0 Å². The van der Waals surface area contributed by atoms with Crippen molar-refractivity contribution in [3.8, 4) is 0 Å². The third kappa shape index (κ3) is 3.76. The molecule has 0 radical (unpaired) electrons. The standard InChI is InChI=1S/C14H20BrNOS2/c1-3-14(2,5-6-15)16-13(17)12-8-10-9-18-7-4-11(10)19-12/h8H,3-7,9H2,1-2H3,(H,16,17). The molecule has 2 nitrogen and oxygen atoms in total. The molecule has 2 heterocycles. The Labute approximate surface area is 131 Å². The lowest BCUT2D eigenvalue weighted by atomic mass is 9.95. The Bertz CT molecular complexity index is 437. The molecule has 1 amide bonds. The van der Waals surface area contributed by atoms with Crippen LogP contribution in [0.4, 0.5) is 0 Å². The van der Waals surface area contributed by atoms with E-state index in [4.69, 9.17) is 0 Å². The number of rotatable bonds is 5. The second-order valence-corrected chi connectivity index (χ2v) is 8.20. The summed E-state index contributed by atoms with van der Waals surface area (Å²) in [5.74, 6) is 2.34. The maximum absolute atomic E-state index is 12.4. The summed E-state index contributed by atoms with van der Waals surface area (Å²) in [7, 11) is 0. The molecule has 0 bridgehead atoms. The second-order valence-electron chi connectivity index (χ2n) is 5.17. The summed E-state index contributed by atoms with van der Waals surface area (Å²) in [5, 5.41) is 4.12. The van der Waals surface area contributed by atoms with Crippen LogP contribution in [0.1, 0.15) is 46.8 Å². The Hall–Kier alpha value is -0.000000000000000111. The average Bonchev–Trinajstić information content (AvgIpc) is 2.83. The highest BCUT2D eigenvalue weighted by molar-refractivity contribution is 9.09. The van der Waals surface area contributed by atoms with Gasteiger partial charge in [-0.15, -0.1) is 11.3 Å². The number of hydrogen-bond acceptors (Lipinski definition) is 3. The van der Waals surface area contributed by atoms with Crippen molar-refractivity contribution in [3.63, 3.8) is 0 Å². The van der Waals surface area contributed by atoms with Crippen molar-refractivity contribution in [1.82, 2.24) is 5.32 Å². The molecular weight excluding hydrogens is 342 g/mol. The maximum Gasteiger partial charge on any atom is 0.261 e. The summed E-state index contributed by atoms with van der Waals surface area (Å²) in [6.45, 7) is 4.24. The van der Waals surface area contributed by atoms with Gasteiger partial charge in [-0.2, -0.15) is 11.8 Å². The van der Waals surface area contributed by atoms with Crippen molar-refractivity contribution >= 4 is 44.9 Å². The van der Waals surface area contributed by atoms with Gasteiger partial charge in [0.2, 0.25) is 0 Å². The summed E-state index contributed by atoms with van der Waals surface area (Å²) >= 11 is 7.10. The van der Waals surface area contributed by atoms with Crippen molar-refractivity contribution in [2.75, 3.05) is 11.1 Å². The summed E-state index contributed by atoms with van der Waals surface area (Å²) in [5.41, 5.74) is 1.25. The zero-order valence-electron chi connectivity index (χ0n) is 11.4. The number of halogens is 1. The molecule has 0 saturated heterocycles. The summed E-state index contributed by atoms with van der Waals surface area (Å²) in [4.78, 5) is 14.7. The fourth-order valence-corrected chi connectivity index (χ4v) is 5.27. The number of carbonyl (C=O) groups excluding carboxylic acids is 1. The minimum atomic E-state index is -0.111. The van der Waals surface area contributed by atoms with Gasteiger partial charge in [-0.05, 0) is 43.6 Å². The Morgan fingerprint density at radius 3 is 3.00 bits per heavy atom. The molecule has 1 atom stereocenters. The van der Waals surface area contributed by atoms with Crippen molar-refractivity contribution in [3.05, 3.63) is 21.4 Å². The number of alkyl halides is 1. The lowest BCUT2D eigenvalue weighted by Crippen LogP contribution is -2.45. The average molecular weight is 362 g/mol. The van der Waals surface area contributed by atoms with Crippen LogP contribution in [-0.2, 0) is 12.2 Å². The number of amides is 1. The quantitative estimate of drug-likeness (QED) is 0.795. The van der Waals surface area contributed by atoms with Crippen LogP contribution >= 0.6 is 39.0 Å². The van der Waals surface area contributed by atoms with E-state index in [1.807, 2.05) is 11.8 Å². The van der Waals surface area contributed by atoms with Gasteiger partial charge in [0.25, 0.3) is 5.91 Å². The first-order chi connectivity index (χ1) is 9.08. The van der Waals surface area contributed by atoms with Crippen LogP contribution in [0.3, 0.4) is 0 Å². The molecule has 19 heavy (non-hydrogen) atoms. The smallest absolute Gasteiger partial charge is 0.261 e. The van der Waals surface area contributed by atoms with Crippen LogP contribution < -0.4 is 5.32 Å². The fraction of sp³-hybridized carbons (Fsp3) is 0.643. The van der Waals surface area contributed by atoms with Crippen LogP contribution in [0.15, 0.2) is 6.07 Å². The van der Waals surface area contributed by atoms with Gasteiger partial charge in [-0.25, -0.2) is 0 Å². The predicted octanol–water partition coefficient (Wildman–Crippen LogP) is 4.22. The first-order valence-electron chi connectivity index (χ1n) is 6.66. The van der Waals surface area contributed by atoms with Gasteiger partial charge in [-0.3, -0.25) is 4.79 Å². The summed E-state index contributed by atoms with van der Waals surface area (Å²) in [6.07, 6.45) is 3.02. The van der Waals surface area contributed by atoms with Gasteiger partial charge in [0.1, 0.15) is 0 Å². The third-order valence-electron chi connectivity index (χ3n) is 3.69. The summed E-state index contributed by atoms with van der Waals surface area (Å²) < 4.78 is 0. The van der Waals surface area contributed by atoms with Gasteiger partial charge in [0.05, 0.1) is 4.88 Å². The molecule has 0 aromatic carbocycles. The zero-order chi connectivity index (χ0) is 13.9. The van der Waals surface area contributed by atoms with E-state index in [2.05, 4.69) is 41.2 Å². The van der Waals surface area contributed by atoms with E-state index in [0.29, 0.717) is 0 Å². The SMILES string of the molecule is CCC(C)(CCBr)NC(=O)c1cc2c(s1)CCSC2. The number of hydrogen-bond donors (Lipinski definition) is 1. The zero-order valence-corrected chi connectivity index (χ0v) is 14.6. The predicted molar refractivity (Wildman–Crippen MR) is 88.8 cm³/mol. The minimum absolute atomic E-state index is 0.0923. The summed E-state index contributed by atoms with van der Waals surface area (Å²) in [6, 6.07) is 2.09. The monoisotopic (exact) mass is 361 g/mol. The van der Waals surface area contributed by atoms with Crippen molar-refractivity contribution in [2.24, 2.45) is 0 Å². The van der Waals surface area contributed by atoms with E-state index in [-0.39, 0.29) is 11.4 Å². The highest BCUT2D eigenvalue weighted by Crippen LogP contribution is 2.32. The van der Waals surface area contributed by atoms with E-state index < -0.39 is 0 Å². The number of thioether (sulfide) groups is 1. The number of nitrogens with one attached hydrogen (secondary N) is 1. The van der Waals surface area contributed by atoms with Gasteiger partial charge >= 0.3 is 0 Å². The van der Waals surface area contributed by atoms with Gasteiger partial charge in [0, 0.05) is 21.5 Å². The molecule has 0 aliphatic carbocycles. The topological polar surface area (TPSA) is 29.1 Å². The highest BCUT2D eigenvalue weighted by atomic mass is 79.9. The van der Waals surface area contributed by atoms with E-state index in [1.54, 1.807) is 11.3 Å². The number of aryl methyl sites for hydroxylation is 1. The van der Waals surface area contributed by atoms with Crippen LogP contribution in [0, 0.1) is 0 Å². The number of fused-ring (bicyclic) bond motifs is 1. The van der Waals surface area contributed by atoms with Gasteiger partial charge in [-0.1, -0.05) is 22.9 Å². The third-order valence-corrected chi connectivity index (χ3v) is 6.33.